The number of hydrogen-bond acceptors (Lipinski definition) is 5. The first-order valence-electron chi connectivity index (χ1n) is 6.13. The summed E-state index contributed by atoms with van der Waals surface area (Å²) in [6, 6.07) is 3.17. The minimum atomic E-state index is -3.48. The lowest BCUT2D eigenvalue weighted by Gasteiger charge is -2.38. The van der Waals surface area contributed by atoms with E-state index >= 15 is 0 Å². The number of nitrogens with zero attached hydrogens (tertiary/aromatic N) is 1. The summed E-state index contributed by atoms with van der Waals surface area (Å²) < 4.78 is 35.3. The lowest BCUT2D eigenvalue weighted by Crippen LogP contribution is -2.47. The van der Waals surface area contributed by atoms with E-state index in [2.05, 4.69) is 12.2 Å². The first-order valence-corrected chi connectivity index (χ1v) is 7.57. The summed E-state index contributed by atoms with van der Waals surface area (Å²) in [6.07, 6.45) is 0. The molecule has 7 heteroatoms. The Morgan fingerprint density at radius 2 is 2.05 bits per heavy atom. The molecule has 1 aliphatic heterocycles. The maximum Gasteiger partial charge on any atom is 0.275 e. The Kier molecular flexibility index (Phi) is 4.00. The van der Waals surface area contributed by atoms with Crippen molar-refractivity contribution in [3.05, 3.63) is 17.9 Å². The van der Waals surface area contributed by atoms with Gasteiger partial charge in [0.15, 0.2) is 0 Å². The summed E-state index contributed by atoms with van der Waals surface area (Å²) >= 11 is 0. The highest BCUT2D eigenvalue weighted by Crippen LogP contribution is 2.25. The Labute approximate surface area is 113 Å². The van der Waals surface area contributed by atoms with E-state index in [0.29, 0.717) is 12.3 Å². The van der Waals surface area contributed by atoms with Crippen LogP contribution in [-0.4, -0.2) is 46.6 Å². The molecular weight excluding hydrogens is 268 g/mol. The highest BCUT2D eigenvalue weighted by atomic mass is 32.2. The molecule has 6 nitrogen and oxygen atoms in total. The third-order valence-electron chi connectivity index (χ3n) is 3.12. The van der Waals surface area contributed by atoms with Crippen molar-refractivity contribution in [3.63, 3.8) is 0 Å². The van der Waals surface area contributed by atoms with E-state index in [1.807, 2.05) is 0 Å². The van der Waals surface area contributed by atoms with Crippen molar-refractivity contribution in [1.29, 1.82) is 0 Å². The molecule has 108 valence electrons. The molecule has 0 saturated carbocycles. The van der Waals surface area contributed by atoms with Gasteiger partial charge in [-0.15, -0.1) is 0 Å². The van der Waals surface area contributed by atoms with Gasteiger partial charge in [0, 0.05) is 26.1 Å². The van der Waals surface area contributed by atoms with E-state index in [1.165, 1.54) is 20.2 Å². The molecule has 0 aliphatic carbocycles. The Morgan fingerprint density at radius 1 is 1.37 bits per heavy atom. The average Bonchev–Trinajstić information content (AvgIpc) is 2.76. The number of sulfonamides is 1. The second-order valence-corrected chi connectivity index (χ2v) is 7.50. The lowest BCUT2D eigenvalue weighted by atomic mass is 9.89. The lowest BCUT2D eigenvalue weighted by molar-refractivity contribution is -0.0992. The molecule has 0 radical (unpaired) electrons. The molecule has 1 aromatic rings. The summed E-state index contributed by atoms with van der Waals surface area (Å²) in [7, 11) is -0.525. The van der Waals surface area contributed by atoms with Crippen molar-refractivity contribution < 1.29 is 17.6 Å². The van der Waals surface area contributed by atoms with Gasteiger partial charge in [-0.3, -0.25) is 0 Å². The Morgan fingerprint density at radius 3 is 2.58 bits per heavy atom. The zero-order valence-corrected chi connectivity index (χ0v) is 12.3. The van der Waals surface area contributed by atoms with Crippen molar-refractivity contribution in [2.45, 2.75) is 18.6 Å². The van der Waals surface area contributed by atoms with E-state index in [9.17, 15) is 8.42 Å². The maximum atomic E-state index is 11.8. The molecule has 1 saturated heterocycles. The van der Waals surface area contributed by atoms with Gasteiger partial charge in [-0.2, -0.15) is 0 Å². The van der Waals surface area contributed by atoms with Gasteiger partial charge in [-0.25, -0.2) is 12.7 Å². The quantitative estimate of drug-likeness (QED) is 0.832. The molecule has 0 unspecified atom stereocenters. The van der Waals surface area contributed by atoms with Gasteiger partial charge in [0.05, 0.1) is 19.8 Å². The molecule has 1 aliphatic rings. The molecule has 0 amide bonds. The second-order valence-electron chi connectivity index (χ2n) is 5.42. The van der Waals surface area contributed by atoms with Crippen LogP contribution in [0.25, 0.3) is 0 Å². The number of hydrogen-bond donors (Lipinski definition) is 1. The Bertz CT molecular complexity index is 532. The summed E-state index contributed by atoms with van der Waals surface area (Å²) in [5, 5.41) is 3.24. The van der Waals surface area contributed by atoms with Crippen LogP contribution in [0.2, 0.25) is 0 Å². The van der Waals surface area contributed by atoms with Crippen LogP contribution >= 0.6 is 0 Å². The molecule has 0 aromatic carbocycles. The van der Waals surface area contributed by atoms with Crippen LogP contribution in [0.1, 0.15) is 12.7 Å². The number of furan rings is 1. The fourth-order valence-corrected chi connectivity index (χ4v) is 2.62. The van der Waals surface area contributed by atoms with Crippen LogP contribution < -0.4 is 5.32 Å². The van der Waals surface area contributed by atoms with Crippen LogP contribution in [0.15, 0.2) is 21.6 Å². The molecular formula is C12H20N2O4S. The minimum absolute atomic E-state index is 0.0208. The van der Waals surface area contributed by atoms with Gasteiger partial charge >= 0.3 is 0 Å². The standard InChI is InChI=1S/C12H20N2O4S/c1-12(8-17-9-12)7-13-6-10-4-5-11(18-10)19(15,16)14(2)3/h4-5,13H,6-9H2,1-3H3. The predicted molar refractivity (Wildman–Crippen MR) is 70.2 cm³/mol. The first-order chi connectivity index (χ1) is 8.83. The molecule has 0 atom stereocenters. The fraction of sp³-hybridized carbons (Fsp3) is 0.667. The van der Waals surface area contributed by atoms with E-state index in [-0.39, 0.29) is 10.5 Å². The van der Waals surface area contributed by atoms with Crippen molar-refractivity contribution in [2.75, 3.05) is 33.9 Å². The SMILES string of the molecule is CN(C)S(=O)(=O)c1ccc(CNCC2(C)COC2)o1. The zero-order chi connectivity index (χ0) is 14.1. The first kappa shape index (κ1) is 14.5. The zero-order valence-electron chi connectivity index (χ0n) is 11.5. The monoisotopic (exact) mass is 288 g/mol. The fourth-order valence-electron chi connectivity index (χ4n) is 1.81. The van der Waals surface area contributed by atoms with Crippen molar-refractivity contribution in [3.8, 4) is 0 Å². The third kappa shape index (κ3) is 3.17. The number of ether oxygens (including phenoxy) is 1. The van der Waals surface area contributed by atoms with E-state index < -0.39 is 10.0 Å². The summed E-state index contributed by atoms with van der Waals surface area (Å²) in [6.45, 7) is 5.01. The molecule has 0 spiro atoms. The van der Waals surface area contributed by atoms with Gasteiger partial charge in [0.2, 0.25) is 5.09 Å². The molecule has 1 N–H and O–H groups in total. The minimum Gasteiger partial charge on any atom is -0.447 e. The smallest absolute Gasteiger partial charge is 0.275 e. The van der Waals surface area contributed by atoms with Crippen LogP contribution in [-0.2, 0) is 21.3 Å². The number of rotatable bonds is 6. The highest BCUT2D eigenvalue weighted by Gasteiger charge is 2.32. The summed E-state index contributed by atoms with van der Waals surface area (Å²) in [5.41, 5.74) is 0.186. The van der Waals surface area contributed by atoms with Gasteiger partial charge in [0.25, 0.3) is 10.0 Å². The van der Waals surface area contributed by atoms with E-state index in [1.54, 1.807) is 6.07 Å². The topological polar surface area (TPSA) is 71.8 Å². The molecule has 2 rings (SSSR count). The van der Waals surface area contributed by atoms with Gasteiger partial charge in [-0.05, 0) is 12.1 Å². The average molecular weight is 288 g/mol. The maximum absolute atomic E-state index is 11.8. The molecule has 19 heavy (non-hydrogen) atoms. The van der Waals surface area contributed by atoms with Crippen molar-refractivity contribution in [1.82, 2.24) is 9.62 Å². The Balaban J connectivity index is 1.91. The van der Waals surface area contributed by atoms with Gasteiger partial charge in [-0.1, -0.05) is 6.92 Å². The van der Waals surface area contributed by atoms with Crippen LogP contribution in [0.4, 0.5) is 0 Å². The second kappa shape index (κ2) is 5.24. The molecule has 0 bridgehead atoms. The van der Waals surface area contributed by atoms with Crippen molar-refractivity contribution in [2.24, 2.45) is 5.41 Å². The van der Waals surface area contributed by atoms with Gasteiger partial charge in [0.1, 0.15) is 5.76 Å². The predicted octanol–water partition coefficient (Wildman–Crippen LogP) is 0.656. The van der Waals surface area contributed by atoms with Crippen LogP contribution in [0.3, 0.4) is 0 Å². The highest BCUT2D eigenvalue weighted by molar-refractivity contribution is 7.88. The largest absolute Gasteiger partial charge is 0.447 e. The normalized spacial score (nSPS) is 18.5. The van der Waals surface area contributed by atoms with Gasteiger partial charge < -0.3 is 14.5 Å². The van der Waals surface area contributed by atoms with Crippen LogP contribution in [0.5, 0.6) is 0 Å². The summed E-state index contributed by atoms with van der Waals surface area (Å²) in [5.74, 6) is 0.615. The van der Waals surface area contributed by atoms with E-state index in [4.69, 9.17) is 9.15 Å². The number of nitrogens with one attached hydrogen (secondary N) is 1. The molecule has 1 fully saturated rings. The summed E-state index contributed by atoms with van der Waals surface area (Å²) in [4.78, 5) is 0. The molecule has 2 heterocycles. The van der Waals surface area contributed by atoms with E-state index in [0.717, 1.165) is 24.1 Å². The van der Waals surface area contributed by atoms with Crippen LogP contribution in [0, 0.1) is 5.41 Å². The Hall–Kier alpha value is -0.890. The molecule has 1 aromatic heterocycles. The van der Waals surface area contributed by atoms with Crippen molar-refractivity contribution >= 4 is 10.0 Å². The third-order valence-corrected chi connectivity index (χ3v) is 4.81.